The Kier molecular flexibility index (Phi) is 13.0. The third kappa shape index (κ3) is 8.64. The van der Waals surface area contributed by atoms with Gasteiger partial charge in [-0.2, -0.15) is 0 Å². The predicted molar refractivity (Wildman–Crippen MR) is 204 cm³/mol. The van der Waals surface area contributed by atoms with Crippen molar-refractivity contribution in [3.05, 3.63) is 84.9 Å². The molecule has 60 heavy (non-hydrogen) atoms. The van der Waals surface area contributed by atoms with Gasteiger partial charge in [0.25, 0.3) is 0 Å². The molecule has 0 fully saturated rings. The van der Waals surface area contributed by atoms with Crippen LogP contribution in [0.5, 0.6) is 34.5 Å². The van der Waals surface area contributed by atoms with E-state index in [2.05, 4.69) is 20.5 Å². The molecule has 2 aliphatic rings. The van der Waals surface area contributed by atoms with Crippen LogP contribution in [0.25, 0.3) is 21.5 Å². The second-order valence-corrected chi connectivity index (χ2v) is 19.2. The second-order valence-electron chi connectivity index (χ2n) is 12.3. The Hall–Kier alpha value is -4.93. The standard InChI is InChI=1S/2C17H13N3O7S2.Co.Na/c2*18-29(25,26)9-5-6-13(21)12(7-9)19-20-14-15(22)10-3-1-2-4-11(10)16-17(14)28(23,24)8-27-16;;/h2*1-7,21-22H,8H2,(H2,18,25,26);;/q;;;+1. The number of azo groups is 2. The molecular weight excluding hydrogens is 927 g/mol. The van der Waals surface area contributed by atoms with Gasteiger partial charge in [0.1, 0.15) is 44.2 Å². The van der Waals surface area contributed by atoms with Crippen LogP contribution in [0.1, 0.15) is 0 Å². The Labute approximate surface area is 372 Å². The number of hydrogen-bond donors (Lipinski definition) is 6. The molecule has 309 valence electrons. The number of hydrogen-bond acceptors (Lipinski definition) is 18. The Bertz CT molecular complexity index is 3060. The molecule has 6 aromatic carbocycles. The number of nitrogens with two attached hydrogens (primary N) is 2. The van der Waals surface area contributed by atoms with E-state index in [0.717, 1.165) is 36.4 Å². The van der Waals surface area contributed by atoms with Crippen LogP contribution in [0.4, 0.5) is 22.7 Å². The largest absolute Gasteiger partial charge is 1.00 e. The molecule has 0 atom stereocenters. The first-order valence-electron chi connectivity index (χ1n) is 16.0. The average molecular weight is 953 g/mol. The van der Waals surface area contributed by atoms with Gasteiger partial charge in [0.05, 0.1) is 9.79 Å². The predicted octanol–water partition coefficient (Wildman–Crippen LogP) is 1.88. The molecule has 0 unspecified atom stereocenters. The minimum Gasteiger partial charge on any atom is -0.506 e. The van der Waals surface area contributed by atoms with Crippen molar-refractivity contribution in [1.82, 2.24) is 0 Å². The third-order valence-electron chi connectivity index (χ3n) is 8.55. The van der Waals surface area contributed by atoms with Crippen molar-refractivity contribution in [3.8, 4) is 34.5 Å². The van der Waals surface area contributed by atoms with Crippen molar-refractivity contribution in [1.29, 1.82) is 0 Å². The Morgan fingerprint density at radius 1 is 0.533 bits per heavy atom. The molecule has 0 bridgehead atoms. The molecule has 0 aromatic heterocycles. The van der Waals surface area contributed by atoms with Gasteiger partial charge in [-0.1, -0.05) is 48.5 Å². The number of nitrogens with zero attached hydrogens (tertiary/aromatic N) is 4. The molecule has 2 heterocycles. The summed E-state index contributed by atoms with van der Waals surface area (Å²) in [5.41, 5.74) is -1.32. The summed E-state index contributed by atoms with van der Waals surface area (Å²) in [7, 11) is -16.0. The number of ether oxygens (including phenoxy) is 2. The molecular formula is C34H26CoN6NaO14S4+. The fourth-order valence-corrected chi connectivity index (χ4v) is 9.49. The van der Waals surface area contributed by atoms with Crippen LogP contribution in [-0.2, 0) is 56.5 Å². The van der Waals surface area contributed by atoms with Crippen LogP contribution in [-0.4, -0.2) is 66.0 Å². The van der Waals surface area contributed by atoms with E-state index in [0.29, 0.717) is 21.5 Å². The summed E-state index contributed by atoms with van der Waals surface area (Å²) in [6.07, 6.45) is 0. The van der Waals surface area contributed by atoms with Crippen molar-refractivity contribution in [3.63, 3.8) is 0 Å². The monoisotopic (exact) mass is 952 g/mol. The van der Waals surface area contributed by atoms with Gasteiger partial charge in [0, 0.05) is 38.3 Å². The first-order chi connectivity index (χ1) is 27.2. The van der Waals surface area contributed by atoms with Crippen LogP contribution in [0.3, 0.4) is 0 Å². The van der Waals surface area contributed by atoms with Crippen LogP contribution in [0, 0.1) is 0 Å². The van der Waals surface area contributed by atoms with E-state index in [-0.39, 0.29) is 100 Å². The number of phenols is 4. The van der Waals surface area contributed by atoms with E-state index >= 15 is 0 Å². The summed E-state index contributed by atoms with van der Waals surface area (Å²) in [4.78, 5) is -1.32. The summed E-state index contributed by atoms with van der Waals surface area (Å²) in [5.74, 6) is -2.90. The van der Waals surface area contributed by atoms with Gasteiger partial charge < -0.3 is 29.9 Å². The Morgan fingerprint density at radius 2 is 0.867 bits per heavy atom. The summed E-state index contributed by atoms with van der Waals surface area (Å²) in [6.45, 7) is 0. The average Bonchev–Trinajstić information content (AvgIpc) is 3.66. The second kappa shape index (κ2) is 16.8. The first-order valence-corrected chi connectivity index (χ1v) is 22.4. The van der Waals surface area contributed by atoms with Gasteiger partial charge in [0.15, 0.2) is 34.8 Å². The van der Waals surface area contributed by atoms with Crippen LogP contribution in [0.15, 0.2) is 125 Å². The van der Waals surface area contributed by atoms with E-state index in [9.17, 15) is 54.1 Å². The topological polar surface area (TPSA) is 337 Å². The Morgan fingerprint density at radius 3 is 1.20 bits per heavy atom. The van der Waals surface area contributed by atoms with Crippen molar-refractivity contribution in [2.45, 2.75) is 19.6 Å². The minimum atomic E-state index is -4.07. The number of fused-ring (bicyclic) bond motifs is 6. The van der Waals surface area contributed by atoms with Crippen LogP contribution >= 0.6 is 0 Å². The SMILES string of the molecule is NS(=O)(=O)c1ccc(O)c(N=Nc2c3c(c4ccccc4c2O)OCS3(=O)=O)c1.NS(=O)(=O)c1ccc(O)c(N=Nc2c3c(c4ccccc4c2O)OCS3(=O)=O)c1.[Co].[Na+]. The van der Waals surface area contributed by atoms with Crippen molar-refractivity contribution in [2.75, 3.05) is 11.9 Å². The zero-order chi connectivity index (χ0) is 41.9. The maximum Gasteiger partial charge on any atom is 1.00 e. The van der Waals surface area contributed by atoms with Gasteiger partial charge in [-0.3, -0.25) is 0 Å². The van der Waals surface area contributed by atoms with Crippen molar-refractivity contribution < 1.29 is 110 Å². The maximum absolute atomic E-state index is 12.5. The molecule has 0 amide bonds. The van der Waals surface area contributed by atoms with Gasteiger partial charge in [-0.25, -0.2) is 43.9 Å². The quantitative estimate of drug-likeness (QED) is 0.103. The molecule has 26 heteroatoms. The molecule has 1 radical (unpaired) electrons. The fraction of sp³-hybridized carbons (Fsp3) is 0.0588. The van der Waals surface area contributed by atoms with E-state index in [4.69, 9.17) is 19.8 Å². The normalized spacial score (nSPS) is 15.0. The number of sulfone groups is 2. The number of aromatic hydroxyl groups is 4. The maximum atomic E-state index is 12.5. The molecule has 0 spiro atoms. The summed E-state index contributed by atoms with van der Waals surface area (Å²) < 4.78 is 106. The van der Waals surface area contributed by atoms with Gasteiger partial charge in [-0.05, 0) is 36.4 Å². The molecule has 0 saturated heterocycles. The summed E-state index contributed by atoms with van der Waals surface area (Å²) >= 11 is 0. The number of primary sulfonamides is 2. The van der Waals surface area contributed by atoms with Crippen LogP contribution in [0.2, 0.25) is 0 Å². The van der Waals surface area contributed by atoms with Gasteiger partial charge in [-0.15, -0.1) is 20.5 Å². The molecule has 8 N–H and O–H groups in total. The van der Waals surface area contributed by atoms with E-state index in [1.807, 2.05) is 0 Å². The van der Waals surface area contributed by atoms with E-state index in [1.165, 1.54) is 0 Å². The van der Waals surface area contributed by atoms with E-state index in [1.54, 1.807) is 48.5 Å². The summed E-state index contributed by atoms with van der Waals surface area (Å²) in [5, 5.41) is 67.6. The third-order valence-corrected chi connectivity index (χ3v) is 13.2. The van der Waals surface area contributed by atoms with Crippen molar-refractivity contribution >= 4 is 84.0 Å². The molecule has 2 aliphatic heterocycles. The van der Waals surface area contributed by atoms with Gasteiger partial charge >= 0.3 is 29.6 Å². The zero-order valence-corrected chi connectivity index (χ0v) is 36.6. The number of sulfonamides is 2. The summed E-state index contributed by atoms with van der Waals surface area (Å²) in [6, 6.07) is 19.1. The Balaban J connectivity index is 0.000000220. The molecule has 0 aliphatic carbocycles. The number of phenolic OH excluding ortho intramolecular Hbond substituents is 4. The molecule has 6 aromatic rings. The van der Waals surface area contributed by atoms with Gasteiger partial charge in [0.2, 0.25) is 39.7 Å². The number of benzene rings is 6. The molecule has 20 nitrogen and oxygen atoms in total. The number of rotatable bonds is 6. The first kappa shape index (κ1) is 46.1. The van der Waals surface area contributed by atoms with Crippen LogP contribution < -0.4 is 49.3 Å². The smallest absolute Gasteiger partial charge is 0.506 e. The molecule has 8 rings (SSSR count). The molecule has 0 saturated carbocycles. The zero-order valence-electron chi connectivity index (χ0n) is 30.3. The minimum absolute atomic E-state index is 0. The fourth-order valence-electron chi connectivity index (χ4n) is 5.87. The van der Waals surface area contributed by atoms with E-state index < -0.39 is 74.6 Å². The van der Waals surface area contributed by atoms with Crippen molar-refractivity contribution in [2.24, 2.45) is 30.7 Å².